The van der Waals surface area contributed by atoms with Crippen LogP contribution in [0.25, 0.3) is 22.3 Å². The van der Waals surface area contributed by atoms with Crippen LogP contribution in [-0.2, 0) is 19.1 Å². The quantitative estimate of drug-likeness (QED) is 0.133. The lowest BCUT2D eigenvalue weighted by molar-refractivity contribution is -0.136. The molecule has 294 valence electrons. The van der Waals surface area contributed by atoms with Crippen LogP contribution in [0.15, 0.2) is 48.8 Å². The molecule has 3 atom stereocenters. The standard InChI is InChI=1S/C40H46N8O8/c1-24-21-46(34-20-32(41-23-42-34)36-30-19-27(56-40(3)10-11-40)5-7-31(30)44-45-36)22-25(2)47(24)12-13-53-14-15-54-16-17-55-26-4-6-28-29(18-26)39(52)48(38(28)51)33-8-9-35(49)43-37(33)50/h4-7,18-20,23-25,33H,8-17,21-22H2,1-3H3,(H,44,45)(H,43,49,50)/t24-,25+,33?. The molecule has 1 saturated carbocycles. The van der Waals surface area contributed by atoms with Crippen molar-refractivity contribution in [2.75, 3.05) is 57.6 Å². The number of rotatable bonds is 15. The molecule has 4 aliphatic rings. The van der Waals surface area contributed by atoms with Crippen molar-refractivity contribution in [3.63, 3.8) is 0 Å². The third-order valence-electron chi connectivity index (χ3n) is 10.9. The highest BCUT2D eigenvalue weighted by Crippen LogP contribution is 2.41. The molecule has 16 nitrogen and oxygen atoms in total. The van der Waals surface area contributed by atoms with E-state index in [1.807, 2.05) is 24.3 Å². The molecule has 2 N–H and O–H groups in total. The number of H-pyrrole nitrogens is 1. The molecule has 1 aliphatic carbocycles. The van der Waals surface area contributed by atoms with E-state index in [0.29, 0.717) is 32.2 Å². The van der Waals surface area contributed by atoms with Gasteiger partial charge in [-0.2, -0.15) is 5.10 Å². The highest BCUT2D eigenvalue weighted by Gasteiger charge is 2.45. The van der Waals surface area contributed by atoms with Crippen LogP contribution >= 0.6 is 0 Å². The highest BCUT2D eigenvalue weighted by molar-refractivity contribution is 6.23. The second-order valence-corrected chi connectivity index (χ2v) is 15.2. The van der Waals surface area contributed by atoms with Crippen LogP contribution in [0.1, 0.15) is 67.2 Å². The van der Waals surface area contributed by atoms with Gasteiger partial charge in [-0.25, -0.2) is 9.97 Å². The third kappa shape index (κ3) is 7.81. The fourth-order valence-electron chi connectivity index (χ4n) is 7.70. The summed E-state index contributed by atoms with van der Waals surface area (Å²) in [6.07, 6.45) is 3.91. The number of benzene rings is 2. The van der Waals surface area contributed by atoms with Crippen LogP contribution in [0.3, 0.4) is 0 Å². The summed E-state index contributed by atoms with van der Waals surface area (Å²) >= 11 is 0. The lowest BCUT2D eigenvalue weighted by Gasteiger charge is -2.44. The lowest BCUT2D eigenvalue weighted by Crippen LogP contribution is -2.57. The summed E-state index contributed by atoms with van der Waals surface area (Å²) in [5.74, 6) is -0.0723. The molecule has 16 heteroatoms. The number of ether oxygens (including phenoxy) is 4. The third-order valence-corrected chi connectivity index (χ3v) is 10.9. The first kappa shape index (κ1) is 37.5. The average Bonchev–Trinajstić information content (AvgIpc) is 3.66. The maximum atomic E-state index is 13.0. The van der Waals surface area contributed by atoms with Crippen molar-refractivity contribution in [3.8, 4) is 22.9 Å². The maximum absolute atomic E-state index is 13.0. The first-order valence-corrected chi connectivity index (χ1v) is 19.2. The number of hydrogen-bond donors (Lipinski definition) is 2. The van der Waals surface area contributed by atoms with Gasteiger partial charge in [0.1, 0.15) is 47.6 Å². The molecule has 2 aromatic carbocycles. The summed E-state index contributed by atoms with van der Waals surface area (Å²) in [7, 11) is 0. The minimum Gasteiger partial charge on any atom is -0.491 e. The molecule has 2 aromatic heterocycles. The van der Waals surface area contributed by atoms with Gasteiger partial charge in [0, 0.05) is 49.6 Å². The van der Waals surface area contributed by atoms with Gasteiger partial charge >= 0.3 is 0 Å². The summed E-state index contributed by atoms with van der Waals surface area (Å²) in [5, 5.41) is 10.9. The summed E-state index contributed by atoms with van der Waals surface area (Å²) in [4.78, 5) is 64.7. The van der Waals surface area contributed by atoms with Gasteiger partial charge in [-0.3, -0.25) is 39.4 Å². The van der Waals surface area contributed by atoms with E-state index < -0.39 is 29.7 Å². The first-order chi connectivity index (χ1) is 27.1. The van der Waals surface area contributed by atoms with Crippen LogP contribution in [0, 0.1) is 0 Å². The van der Waals surface area contributed by atoms with Crippen LogP contribution in [0.5, 0.6) is 11.5 Å². The number of hydrogen-bond acceptors (Lipinski definition) is 13. The lowest BCUT2D eigenvalue weighted by atomic mass is 10.0. The SMILES string of the molecule is C[C@@H]1CN(c2cc(-c3n[nH]c4ccc(OC5(C)CC5)cc34)ncn2)C[C@H](C)N1CCOCCOCCOc1ccc2c(c1)C(=O)N(C1CCC(=O)NC1=O)C2=O. The molecule has 0 radical (unpaired) electrons. The van der Waals surface area contributed by atoms with Gasteiger partial charge in [-0.15, -0.1) is 0 Å². The second-order valence-electron chi connectivity index (χ2n) is 15.2. The van der Waals surface area contributed by atoms with E-state index in [9.17, 15) is 19.2 Å². The van der Waals surface area contributed by atoms with Crippen molar-refractivity contribution in [3.05, 3.63) is 59.9 Å². The number of nitrogens with zero attached hydrogens (tertiary/aromatic N) is 6. The summed E-state index contributed by atoms with van der Waals surface area (Å²) in [5.41, 5.74) is 2.78. The predicted octanol–water partition coefficient (Wildman–Crippen LogP) is 3.36. The van der Waals surface area contributed by atoms with Gasteiger partial charge in [0.15, 0.2) is 0 Å². The first-order valence-electron chi connectivity index (χ1n) is 19.2. The van der Waals surface area contributed by atoms with Crippen molar-refractivity contribution < 1.29 is 38.1 Å². The van der Waals surface area contributed by atoms with Crippen molar-refractivity contribution in [1.29, 1.82) is 0 Å². The van der Waals surface area contributed by atoms with E-state index in [2.05, 4.69) is 56.1 Å². The molecule has 0 spiro atoms. The largest absolute Gasteiger partial charge is 0.491 e. The minimum absolute atomic E-state index is 0.0649. The molecule has 8 rings (SSSR count). The molecule has 4 aromatic rings. The van der Waals surface area contributed by atoms with Gasteiger partial charge in [0.25, 0.3) is 11.8 Å². The molecule has 5 heterocycles. The zero-order valence-electron chi connectivity index (χ0n) is 31.8. The Morgan fingerprint density at radius 2 is 1.57 bits per heavy atom. The van der Waals surface area contributed by atoms with Gasteiger partial charge in [-0.05, 0) is 76.4 Å². The molecule has 1 unspecified atom stereocenters. The number of anilines is 1. The number of amides is 4. The van der Waals surface area contributed by atoms with E-state index >= 15 is 0 Å². The van der Waals surface area contributed by atoms with Crippen molar-refractivity contribution in [2.45, 2.75) is 70.2 Å². The molecule has 3 fully saturated rings. The van der Waals surface area contributed by atoms with E-state index in [0.717, 1.165) is 71.2 Å². The number of fused-ring (bicyclic) bond motifs is 2. The van der Waals surface area contributed by atoms with Crippen LogP contribution < -0.4 is 19.7 Å². The fraction of sp³-hybridized carbons (Fsp3) is 0.475. The van der Waals surface area contributed by atoms with Gasteiger partial charge in [0.05, 0.1) is 48.8 Å². The summed E-state index contributed by atoms with van der Waals surface area (Å²) in [6, 6.07) is 12.2. The zero-order valence-corrected chi connectivity index (χ0v) is 31.8. The van der Waals surface area contributed by atoms with E-state index in [1.165, 1.54) is 12.1 Å². The number of aromatic nitrogens is 4. The summed E-state index contributed by atoms with van der Waals surface area (Å²) in [6.45, 7) is 10.9. The Morgan fingerprint density at radius 3 is 2.34 bits per heavy atom. The molecular weight excluding hydrogens is 720 g/mol. The van der Waals surface area contributed by atoms with Gasteiger partial charge in [0.2, 0.25) is 11.8 Å². The number of imide groups is 2. The fourth-order valence-corrected chi connectivity index (χ4v) is 7.70. The Balaban J connectivity index is 0.748. The Labute approximate surface area is 323 Å². The number of piperidine rings is 1. The second kappa shape index (κ2) is 15.6. The topological polar surface area (TPSA) is 181 Å². The Morgan fingerprint density at radius 1 is 0.839 bits per heavy atom. The van der Waals surface area contributed by atoms with Crippen molar-refractivity contribution in [1.82, 2.24) is 35.3 Å². The maximum Gasteiger partial charge on any atom is 0.262 e. The number of piperazine rings is 1. The normalized spacial score (nSPS) is 22.1. The molecular formula is C40H46N8O8. The molecule has 0 bridgehead atoms. The van der Waals surface area contributed by atoms with E-state index in [-0.39, 0.29) is 48.3 Å². The molecule has 2 saturated heterocycles. The van der Waals surface area contributed by atoms with Gasteiger partial charge < -0.3 is 23.8 Å². The monoisotopic (exact) mass is 766 g/mol. The molecule has 4 amide bonds. The number of nitrogens with one attached hydrogen (secondary N) is 2. The van der Waals surface area contributed by atoms with Crippen molar-refractivity contribution in [2.24, 2.45) is 0 Å². The summed E-state index contributed by atoms with van der Waals surface area (Å²) < 4.78 is 23.6. The average molecular weight is 767 g/mol. The Hall–Kier alpha value is -5.45. The molecule has 3 aliphatic heterocycles. The molecule has 56 heavy (non-hydrogen) atoms. The van der Waals surface area contributed by atoms with E-state index in [1.54, 1.807) is 12.4 Å². The number of carbonyl (C=O) groups excluding carboxylic acids is 4. The zero-order chi connectivity index (χ0) is 39.0. The number of aromatic amines is 1. The van der Waals surface area contributed by atoms with Crippen LogP contribution in [0.4, 0.5) is 5.82 Å². The van der Waals surface area contributed by atoms with E-state index in [4.69, 9.17) is 18.9 Å². The van der Waals surface area contributed by atoms with Crippen LogP contribution in [-0.4, -0.2) is 130 Å². The van der Waals surface area contributed by atoms with Crippen LogP contribution in [0.2, 0.25) is 0 Å². The predicted molar refractivity (Wildman–Crippen MR) is 203 cm³/mol. The minimum atomic E-state index is -1.01. The number of carbonyl (C=O) groups is 4. The van der Waals surface area contributed by atoms with Crippen molar-refractivity contribution >= 4 is 40.3 Å². The highest BCUT2D eigenvalue weighted by atomic mass is 16.5. The Bertz CT molecular complexity index is 2140. The smallest absolute Gasteiger partial charge is 0.262 e. The Kier molecular flexibility index (Phi) is 10.4. The van der Waals surface area contributed by atoms with Gasteiger partial charge in [-0.1, -0.05) is 0 Å².